The molecule has 0 aliphatic rings. The number of benzene rings is 1. The van der Waals surface area contributed by atoms with E-state index in [0.29, 0.717) is 18.9 Å². The quantitative estimate of drug-likeness (QED) is 0.659. The summed E-state index contributed by atoms with van der Waals surface area (Å²) in [6.07, 6.45) is 0. The van der Waals surface area contributed by atoms with Crippen LogP contribution in [0.1, 0.15) is 31.1 Å². The molecule has 1 rings (SSSR count). The monoisotopic (exact) mass is 294 g/mol. The van der Waals surface area contributed by atoms with Crippen molar-refractivity contribution >= 4 is 11.9 Å². The summed E-state index contributed by atoms with van der Waals surface area (Å²) < 4.78 is 5.42. The zero-order chi connectivity index (χ0) is 15.9. The van der Waals surface area contributed by atoms with Crippen molar-refractivity contribution in [3.63, 3.8) is 0 Å². The van der Waals surface area contributed by atoms with E-state index in [4.69, 9.17) is 9.84 Å². The first-order valence-electron chi connectivity index (χ1n) is 6.76. The Kier molecular flexibility index (Phi) is 6.17. The highest BCUT2D eigenvalue weighted by Gasteiger charge is 2.12. The van der Waals surface area contributed by atoms with Crippen molar-refractivity contribution in [3.05, 3.63) is 29.8 Å². The van der Waals surface area contributed by atoms with E-state index >= 15 is 0 Å². The molecule has 1 amide bonds. The van der Waals surface area contributed by atoms with Crippen molar-refractivity contribution in [2.45, 2.75) is 26.3 Å². The summed E-state index contributed by atoms with van der Waals surface area (Å²) in [5, 5.41) is 14.7. The van der Waals surface area contributed by atoms with Crippen LogP contribution in [-0.2, 0) is 4.79 Å². The Bertz CT molecular complexity index is 495. The molecule has 0 unspecified atom stereocenters. The average Bonchev–Trinajstić information content (AvgIpc) is 2.36. The minimum Gasteiger partial charge on any atom is -0.492 e. The van der Waals surface area contributed by atoms with Gasteiger partial charge in [-0.2, -0.15) is 0 Å². The molecule has 0 aliphatic carbocycles. The maximum Gasteiger partial charge on any atom is 0.335 e. The van der Waals surface area contributed by atoms with Crippen LogP contribution in [0.5, 0.6) is 5.75 Å². The molecule has 0 saturated heterocycles. The summed E-state index contributed by atoms with van der Waals surface area (Å²) in [6.45, 7) is 6.83. The second-order valence-electron chi connectivity index (χ2n) is 5.66. The van der Waals surface area contributed by atoms with Crippen LogP contribution < -0.4 is 15.4 Å². The lowest BCUT2D eigenvalue weighted by Gasteiger charge is -2.20. The number of aromatic carboxylic acids is 1. The number of amides is 1. The van der Waals surface area contributed by atoms with Gasteiger partial charge < -0.3 is 20.5 Å². The van der Waals surface area contributed by atoms with Gasteiger partial charge in [-0.15, -0.1) is 0 Å². The number of nitrogens with one attached hydrogen (secondary N) is 2. The van der Waals surface area contributed by atoms with Gasteiger partial charge >= 0.3 is 5.97 Å². The van der Waals surface area contributed by atoms with Gasteiger partial charge in [-0.3, -0.25) is 4.79 Å². The van der Waals surface area contributed by atoms with Crippen LogP contribution >= 0.6 is 0 Å². The third-order valence-corrected chi connectivity index (χ3v) is 2.43. The lowest BCUT2D eigenvalue weighted by Crippen LogP contribution is -2.45. The molecule has 21 heavy (non-hydrogen) atoms. The number of hydrogen-bond donors (Lipinski definition) is 3. The number of hydrogen-bond acceptors (Lipinski definition) is 4. The first-order valence-corrected chi connectivity index (χ1v) is 6.76. The first kappa shape index (κ1) is 17.0. The molecule has 0 aliphatic heterocycles. The zero-order valence-electron chi connectivity index (χ0n) is 12.6. The Labute approximate surface area is 124 Å². The molecule has 0 bridgehead atoms. The third kappa shape index (κ3) is 7.31. The van der Waals surface area contributed by atoms with E-state index in [0.717, 1.165) is 0 Å². The third-order valence-electron chi connectivity index (χ3n) is 2.43. The van der Waals surface area contributed by atoms with Crippen molar-refractivity contribution in [1.82, 2.24) is 10.6 Å². The number of carbonyl (C=O) groups excluding carboxylic acids is 1. The van der Waals surface area contributed by atoms with E-state index < -0.39 is 5.97 Å². The van der Waals surface area contributed by atoms with E-state index in [-0.39, 0.29) is 23.6 Å². The number of carboxylic acid groups (broad SMARTS) is 1. The molecular weight excluding hydrogens is 272 g/mol. The van der Waals surface area contributed by atoms with Crippen molar-refractivity contribution < 1.29 is 19.4 Å². The fourth-order valence-electron chi connectivity index (χ4n) is 1.62. The lowest BCUT2D eigenvalue weighted by molar-refractivity contribution is -0.121. The van der Waals surface area contributed by atoms with Crippen molar-refractivity contribution in [3.8, 4) is 5.75 Å². The summed E-state index contributed by atoms with van der Waals surface area (Å²) >= 11 is 0. The van der Waals surface area contributed by atoms with Gasteiger partial charge in [0.25, 0.3) is 0 Å². The molecule has 6 heteroatoms. The topological polar surface area (TPSA) is 87.7 Å². The van der Waals surface area contributed by atoms with E-state index in [2.05, 4.69) is 10.6 Å². The Hall–Kier alpha value is -2.08. The summed E-state index contributed by atoms with van der Waals surface area (Å²) in [6, 6.07) is 6.29. The predicted octanol–water partition coefficient (Wildman–Crippen LogP) is 1.27. The minimum absolute atomic E-state index is 0.0737. The molecule has 0 aromatic heterocycles. The van der Waals surface area contributed by atoms with Gasteiger partial charge in [0.15, 0.2) is 0 Å². The highest BCUT2D eigenvalue weighted by molar-refractivity contribution is 5.88. The average molecular weight is 294 g/mol. The lowest BCUT2D eigenvalue weighted by atomic mass is 10.1. The Morgan fingerprint density at radius 1 is 1.29 bits per heavy atom. The van der Waals surface area contributed by atoms with E-state index in [9.17, 15) is 9.59 Å². The molecule has 0 radical (unpaired) electrons. The fourth-order valence-corrected chi connectivity index (χ4v) is 1.62. The summed E-state index contributed by atoms with van der Waals surface area (Å²) in [7, 11) is 0. The molecule has 0 fully saturated rings. The zero-order valence-corrected chi connectivity index (χ0v) is 12.6. The van der Waals surface area contributed by atoms with E-state index in [1.165, 1.54) is 12.1 Å². The molecule has 3 N–H and O–H groups in total. The second kappa shape index (κ2) is 7.64. The van der Waals surface area contributed by atoms with Gasteiger partial charge in [-0.25, -0.2) is 4.79 Å². The standard InChI is InChI=1S/C15H22N2O4/c1-15(2,3)17-13(18)10-16-7-8-21-12-6-4-5-11(9-12)14(19)20/h4-6,9,16H,7-8,10H2,1-3H3,(H,17,18)(H,19,20). The predicted molar refractivity (Wildman–Crippen MR) is 79.7 cm³/mol. The number of carboxylic acids is 1. The molecular formula is C15H22N2O4. The second-order valence-corrected chi connectivity index (χ2v) is 5.66. The van der Waals surface area contributed by atoms with Gasteiger partial charge in [0.2, 0.25) is 5.91 Å². The smallest absolute Gasteiger partial charge is 0.335 e. The van der Waals surface area contributed by atoms with Crippen LogP contribution in [-0.4, -0.2) is 42.2 Å². The molecule has 0 saturated carbocycles. The molecule has 1 aromatic carbocycles. The molecule has 0 atom stereocenters. The van der Waals surface area contributed by atoms with Gasteiger partial charge in [0.1, 0.15) is 12.4 Å². The largest absolute Gasteiger partial charge is 0.492 e. The van der Waals surface area contributed by atoms with Gasteiger partial charge in [-0.1, -0.05) is 6.07 Å². The maximum absolute atomic E-state index is 11.5. The van der Waals surface area contributed by atoms with Crippen molar-refractivity contribution in [2.24, 2.45) is 0 Å². The van der Waals surface area contributed by atoms with Gasteiger partial charge in [0, 0.05) is 12.1 Å². The maximum atomic E-state index is 11.5. The van der Waals surface area contributed by atoms with Crippen LogP contribution in [0.2, 0.25) is 0 Å². The Morgan fingerprint density at radius 2 is 2.00 bits per heavy atom. The van der Waals surface area contributed by atoms with Gasteiger partial charge in [-0.05, 0) is 39.0 Å². The Balaban J connectivity index is 2.24. The van der Waals surface area contributed by atoms with Crippen LogP contribution in [0.15, 0.2) is 24.3 Å². The van der Waals surface area contributed by atoms with E-state index in [1.807, 2.05) is 20.8 Å². The van der Waals surface area contributed by atoms with Crippen molar-refractivity contribution in [2.75, 3.05) is 19.7 Å². The number of carbonyl (C=O) groups is 2. The summed E-state index contributed by atoms with van der Waals surface area (Å²) in [5.41, 5.74) is -0.0583. The van der Waals surface area contributed by atoms with Gasteiger partial charge in [0.05, 0.1) is 12.1 Å². The Morgan fingerprint density at radius 3 is 2.62 bits per heavy atom. The fraction of sp³-hybridized carbons (Fsp3) is 0.467. The highest BCUT2D eigenvalue weighted by atomic mass is 16.5. The molecule has 1 aromatic rings. The van der Waals surface area contributed by atoms with Crippen LogP contribution in [0, 0.1) is 0 Å². The molecule has 0 heterocycles. The number of rotatable bonds is 7. The van der Waals surface area contributed by atoms with Crippen LogP contribution in [0.4, 0.5) is 0 Å². The highest BCUT2D eigenvalue weighted by Crippen LogP contribution is 2.12. The molecule has 6 nitrogen and oxygen atoms in total. The van der Waals surface area contributed by atoms with Crippen LogP contribution in [0.25, 0.3) is 0 Å². The van der Waals surface area contributed by atoms with Crippen molar-refractivity contribution in [1.29, 1.82) is 0 Å². The molecule has 116 valence electrons. The first-order chi connectivity index (χ1) is 9.78. The summed E-state index contributed by atoms with van der Waals surface area (Å²) in [4.78, 5) is 22.3. The van der Waals surface area contributed by atoms with E-state index in [1.54, 1.807) is 12.1 Å². The minimum atomic E-state index is -0.988. The SMILES string of the molecule is CC(C)(C)NC(=O)CNCCOc1cccc(C(=O)O)c1. The molecule has 0 spiro atoms. The summed E-state index contributed by atoms with van der Waals surface area (Å²) in [5.74, 6) is -0.566. The number of ether oxygens (including phenoxy) is 1. The van der Waals surface area contributed by atoms with Crippen LogP contribution in [0.3, 0.4) is 0 Å². The normalized spacial score (nSPS) is 11.0.